The Bertz CT molecular complexity index is 534. The molecule has 1 saturated carbocycles. The molecule has 1 N–H and O–H groups in total. The standard InChI is InChI=1S/C22H35NO3/c1-22(2,3)26-21(24)23-12-9-18(10-13-23)20-15-19(20)11-14-25-16-17-7-5-4-6-8-17/h4-8,18-21,24H,9-16H2,1-3H3. The molecule has 3 unspecified atom stereocenters. The van der Waals surface area contributed by atoms with E-state index >= 15 is 0 Å². The lowest BCUT2D eigenvalue weighted by atomic mass is 9.90. The molecule has 4 nitrogen and oxygen atoms in total. The maximum absolute atomic E-state index is 10.2. The predicted octanol–water partition coefficient (Wildman–Crippen LogP) is 4.03. The first-order valence-electron chi connectivity index (χ1n) is 10.1. The van der Waals surface area contributed by atoms with Crippen molar-refractivity contribution < 1.29 is 14.6 Å². The average Bonchev–Trinajstić information content (AvgIpc) is 3.38. The molecule has 1 aromatic rings. The lowest BCUT2D eigenvalue weighted by molar-refractivity contribution is -0.243. The maximum Gasteiger partial charge on any atom is 0.216 e. The summed E-state index contributed by atoms with van der Waals surface area (Å²) in [6.45, 7) is 9.42. The number of likely N-dealkylation sites (tertiary alicyclic amines) is 1. The first-order valence-corrected chi connectivity index (χ1v) is 10.1. The van der Waals surface area contributed by atoms with Crippen LogP contribution in [0.4, 0.5) is 0 Å². The predicted molar refractivity (Wildman–Crippen MR) is 103 cm³/mol. The summed E-state index contributed by atoms with van der Waals surface area (Å²) in [5.74, 6) is 2.53. The highest BCUT2D eigenvalue weighted by atomic mass is 16.6. The van der Waals surface area contributed by atoms with Crippen molar-refractivity contribution in [3.8, 4) is 0 Å². The van der Waals surface area contributed by atoms with Crippen LogP contribution in [-0.2, 0) is 16.1 Å². The fourth-order valence-corrected chi connectivity index (χ4v) is 4.14. The molecule has 1 saturated heterocycles. The van der Waals surface area contributed by atoms with Crippen LogP contribution in [0.25, 0.3) is 0 Å². The van der Waals surface area contributed by atoms with Gasteiger partial charge in [-0.25, -0.2) is 0 Å². The third kappa shape index (κ3) is 6.05. The number of hydrogen-bond acceptors (Lipinski definition) is 4. The van der Waals surface area contributed by atoms with Crippen molar-refractivity contribution in [2.24, 2.45) is 17.8 Å². The number of aliphatic hydroxyl groups excluding tert-OH is 1. The normalized spacial score (nSPS) is 26.0. The van der Waals surface area contributed by atoms with Gasteiger partial charge in [-0.05, 0) is 69.8 Å². The van der Waals surface area contributed by atoms with Gasteiger partial charge in [0.05, 0.1) is 12.2 Å². The molecule has 26 heavy (non-hydrogen) atoms. The van der Waals surface area contributed by atoms with Gasteiger partial charge in [0.15, 0.2) is 0 Å². The number of nitrogens with zero attached hydrogens (tertiary/aromatic N) is 1. The summed E-state index contributed by atoms with van der Waals surface area (Å²) in [5.41, 5.74) is 0.945. The fourth-order valence-electron chi connectivity index (χ4n) is 4.14. The Morgan fingerprint density at radius 3 is 2.50 bits per heavy atom. The topological polar surface area (TPSA) is 41.9 Å². The highest BCUT2D eigenvalue weighted by Crippen LogP contribution is 2.49. The van der Waals surface area contributed by atoms with Crippen LogP contribution in [0.5, 0.6) is 0 Å². The smallest absolute Gasteiger partial charge is 0.216 e. The number of hydrogen-bond donors (Lipinski definition) is 1. The SMILES string of the molecule is CC(C)(C)OC(O)N1CCC(C2CC2CCOCc2ccccc2)CC1. The molecule has 0 spiro atoms. The number of ether oxygens (including phenoxy) is 2. The van der Waals surface area contributed by atoms with Gasteiger partial charge in [-0.1, -0.05) is 30.3 Å². The minimum absolute atomic E-state index is 0.308. The second-order valence-electron chi connectivity index (χ2n) is 8.92. The lowest BCUT2D eigenvalue weighted by Crippen LogP contribution is -2.46. The zero-order chi connectivity index (χ0) is 18.6. The van der Waals surface area contributed by atoms with Crippen molar-refractivity contribution in [1.82, 2.24) is 4.90 Å². The van der Waals surface area contributed by atoms with E-state index in [4.69, 9.17) is 9.47 Å². The van der Waals surface area contributed by atoms with E-state index in [0.717, 1.165) is 44.1 Å². The van der Waals surface area contributed by atoms with Gasteiger partial charge in [-0.2, -0.15) is 0 Å². The Morgan fingerprint density at radius 2 is 1.85 bits per heavy atom. The first-order chi connectivity index (χ1) is 12.4. The minimum atomic E-state index is -0.766. The van der Waals surface area contributed by atoms with Gasteiger partial charge in [0.2, 0.25) is 6.41 Å². The van der Waals surface area contributed by atoms with Gasteiger partial charge in [0.25, 0.3) is 0 Å². The van der Waals surface area contributed by atoms with Crippen LogP contribution in [0.15, 0.2) is 30.3 Å². The van der Waals surface area contributed by atoms with Gasteiger partial charge in [-0.15, -0.1) is 0 Å². The van der Waals surface area contributed by atoms with Crippen molar-refractivity contribution >= 4 is 0 Å². The molecule has 0 radical (unpaired) electrons. The summed E-state index contributed by atoms with van der Waals surface area (Å²) in [5, 5.41) is 10.2. The molecular weight excluding hydrogens is 326 g/mol. The van der Waals surface area contributed by atoms with Crippen molar-refractivity contribution in [2.75, 3.05) is 19.7 Å². The van der Waals surface area contributed by atoms with Crippen molar-refractivity contribution in [3.05, 3.63) is 35.9 Å². The molecule has 2 fully saturated rings. The van der Waals surface area contributed by atoms with E-state index < -0.39 is 6.41 Å². The molecular formula is C22H35NO3. The van der Waals surface area contributed by atoms with E-state index in [-0.39, 0.29) is 5.60 Å². The second-order valence-corrected chi connectivity index (χ2v) is 8.92. The van der Waals surface area contributed by atoms with E-state index in [0.29, 0.717) is 0 Å². The fraction of sp³-hybridized carbons (Fsp3) is 0.727. The second kappa shape index (κ2) is 8.83. The van der Waals surface area contributed by atoms with Crippen LogP contribution in [0.3, 0.4) is 0 Å². The zero-order valence-electron chi connectivity index (χ0n) is 16.6. The summed E-state index contributed by atoms with van der Waals surface area (Å²) in [7, 11) is 0. The lowest BCUT2D eigenvalue weighted by Gasteiger charge is -2.37. The van der Waals surface area contributed by atoms with Gasteiger partial charge < -0.3 is 14.6 Å². The van der Waals surface area contributed by atoms with Gasteiger partial charge >= 0.3 is 0 Å². The molecule has 1 heterocycles. The first kappa shape index (κ1) is 19.8. The summed E-state index contributed by atoms with van der Waals surface area (Å²) in [4.78, 5) is 2.07. The summed E-state index contributed by atoms with van der Waals surface area (Å²) in [6, 6.07) is 10.4. The van der Waals surface area contributed by atoms with Crippen LogP contribution >= 0.6 is 0 Å². The van der Waals surface area contributed by atoms with Crippen LogP contribution < -0.4 is 0 Å². The highest BCUT2D eigenvalue weighted by Gasteiger charge is 2.43. The van der Waals surface area contributed by atoms with E-state index in [1.165, 1.54) is 31.2 Å². The summed E-state index contributed by atoms with van der Waals surface area (Å²) >= 11 is 0. The van der Waals surface area contributed by atoms with E-state index in [2.05, 4.69) is 29.2 Å². The van der Waals surface area contributed by atoms with Crippen LogP contribution in [0.1, 0.15) is 52.0 Å². The average molecular weight is 362 g/mol. The molecule has 3 rings (SSSR count). The monoisotopic (exact) mass is 361 g/mol. The quantitative estimate of drug-likeness (QED) is 0.561. The summed E-state index contributed by atoms with van der Waals surface area (Å²) < 4.78 is 11.5. The largest absolute Gasteiger partial charge is 0.377 e. The molecule has 1 aliphatic carbocycles. The number of piperidine rings is 1. The van der Waals surface area contributed by atoms with E-state index in [1.54, 1.807) is 0 Å². The molecule has 2 aliphatic rings. The van der Waals surface area contributed by atoms with Crippen molar-refractivity contribution in [1.29, 1.82) is 0 Å². The third-order valence-corrected chi connectivity index (χ3v) is 5.67. The number of aliphatic hydroxyl groups is 1. The van der Waals surface area contributed by atoms with Crippen LogP contribution in [0.2, 0.25) is 0 Å². The Hall–Kier alpha value is -0.940. The van der Waals surface area contributed by atoms with Gasteiger partial charge in [0.1, 0.15) is 0 Å². The van der Waals surface area contributed by atoms with Crippen molar-refractivity contribution in [2.45, 2.75) is 65.1 Å². The molecule has 0 amide bonds. The Balaban J connectivity index is 1.29. The third-order valence-electron chi connectivity index (χ3n) is 5.67. The van der Waals surface area contributed by atoms with Crippen molar-refractivity contribution in [3.63, 3.8) is 0 Å². The molecule has 3 atom stereocenters. The molecule has 146 valence electrons. The highest BCUT2D eigenvalue weighted by molar-refractivity contribution is 5.13. The summed E-state index contributed by atoms with van der Waals surface area (Å²) in [6.07, 6.45) is 4.14. The zero-order valence-corrected chi connectivity index (χ0v) is 16.6. The number of rotatable bonds is 8. The molecule has 0 aromatic heterocycles. The maximum atomic E-state index is 10.2. The number of benzene rings is 1. The molecule has 4 heteroatoms. The molecule has 0 bridgehead atoms. The Morgan fingerprint density at radius 1 is 1.15 bits per heavy atom. The Labute approximate surface area is 158 Å². The Kier molecular flexibility index (Phi) is 6.73. The van der Waals surface area contributed by atoms with Gasteiger partial charge in [-0.3, -0.25) is 4.90 Å². The molecule has 1 aliphatic heterocycles. The van der Waals surface area contributed by atoms with Crippen LogP contribution in [0, 0.1) is 17.8 Å². The minimum Gasteiger partial charge on any atom is -0.377 e. The molecule has 1 aromatic carbocycles. The van der Waals surface area contributed by atoms with E-state index in [9.17, 15) is 5.11 Å². The van der Waals surface area contributed by atoms with Gasteiger partial charge in [0, 0.05) is 19.7 Å². The van der Waals surface area contributed by atoms with E-state index in [1.807, 2.05) is 26.8 Å². The van der Waals surface area contributed by atoms with Crippen LogP contribution in [-0.4, -0.2) is 41.7 Å².